The van der Waals surface area contributed by atoms with E-state index in [-0.39, 0.29) is 29.8 Å². The van der Waals surface area contributed by atoms with Crippen molar-refractivity contribution in [2.45, 2.75) is 154 Å². The Morgan fingerprint density at radius 3 is 2.04 bits per heavy atom. The minimum atomic E-state index is -4.14. The number of carbonyl (C=O) groups excluding carboxylic acids is 1. The van der Waals surface area contributed by atoms with Gasteiger partial charge in [0.2, 0.25) is 5.82 Å². The van der Waals surface area contributed by atoms with Gasteiger partial charge in [0, 0.05) is 0 Å². The van der Waals surface area contributed by atoms with Crippen LogP contribution in [-0.4, -0.2) is 58.0 Å². The first-order chi connectivity index (χ1) is 23.6. The van der Waals surface area contributed by atoms with Crippen LogP contribution in [0.2, 0.25) is 5.02 Å². The SMILES string of the molecule is CCCCCCCCCCCCCCCCCCOP(=O)(OC[C@H]1O[C@@H](n2cnc(C(N)=O)n2)[C@@H]2OC(C)(C)O[C@@H]21)Oc1ccccc1Cl. The molecule has 0 spiro atoms. The van der Waals surface area contributed by atoms with Gasteiger partial charge in [-0.1, -0.05) is 127 Å². The normalized spacial score (nSPS) is 22.6. The number of rotatable bonds is 25. The van der Waals surface area contributed by atoms with Crippen LogP contribution in [0.3, 0.4) is 0 Å². The average molecular weight is 727 g/mol. The van der Waals surface area contributed by atoms with Crippen molar-refractivity contribution in [1.82, 2.24) is 14.8 Å². The Morgan fingerprint density at radius 1 is 0.898 bits per heavy atom. The zero-order chi connectivity index (χ0) is 35.1. The number of ether oxygens (including phenoxy) is 3. The summed E-state index contributed by atoms with van der Waals surface area (Å²) in [6, 6.07) is 6.71. The molecule has 4 rings (SSSR count). The van der Waals surface area contributed by atoms with Crippen LogP contribution in [0.4, 0.5) is 0 Å². The fourth-order valence-electron chi connectivity index (χ4n) is 6.24. The van der Waals surface area contributed by atoms with E-state index in [0.29, 0.717) is 6.42 Å². The minimum Gasteiger partial charge on any atom is -0.402 e. The molecule has 1 amide bonds. The van der Waals surface area contributed by atoms with Crippen molar-refractivity contribution in [3.8, 4) is 5.75 Å². The first-order valence-corrected chi connectivity index (χ1v) is 20.0. The second kappa shape index (κ2) is 20.1. The summed E-state index contributed by atoms with van der Waals surface area (Å²) in [7, 11) is -4.14. The van der Waals surface area contributed by atoms with Crippen LogP contribution in [0.1, 0.15) is 140 Å². The molecule has 2 aliphatic heterocycles. The molecular formula is C35H56ClN4O8P. The summed E-state index contributed by atoms with van der Waals surface area (Å²) in [5.74, 6) is -1.66. The summed E-state index contributed by atoms with van der Waals surface area (Å²) in [4.78, 5) is 15.5. The van der Waals surface area contributed by atoms with Crippen LogP contribution in [0.15, 0.2) is 30.6 Å². The number of primary amides is 1. The fraction of sp³-hybridized carbons (Fsp3) is 0.743. The lowest BCUT2D eigenvalue weighted by molar-refractivity contribution is -0.201. The topological polar surface area (TPSA) is 146 Å². The van der Waals surface area contributed by atoms with Gasteiger partial charge in [0.1, 0.15) is 30.4 Å². The molecule has 0 saturated carbocycles. The molecule has 0 bridgehead atoms. The van der Waals surface area contributed by atoms with E-state index in [0.717, 1.165) is 12.8 Å². The van der Waals surface area contributed by atoms with Gasteiger partial charge in [0.25, 0.3) is 5.91 Å². The van der Waals surface area contributed by atoms with Crippen LogP contribution in [0.25, 0.3) is 0 Å². The molecule has 2 saturated heterocycles. The number of fused-ring (bicyclic) bond motifs is 1. The lowest BCUT2D eigenvalue weighted by Crippen LogP contribution is -2.33. The monoisotopic (exact) mass is 726 g/mol. The third kappa shape index (κ3) is 12.9. The first kappa shape index (κ1) is 39.7. The molecule has 12 nitrogen and oxygen atoms in total. The van der Waals surface area contributed by atoms with Gasteiger partial charge in [0.05, 0.1) is 18.2 Å². The van der Waals surface area contributed by atoms with E-state index in [9.17, 15) is 9.36 Å². The van der Waals surface area contributed by atoms with Gasteiger partial charge in [-0.2, -0.15) is 0 Å². The predicted octanol–water partition coefficient (Wildman–Crippen LogP) is 8.93. The number of carbonyl (C=O) groups is 1. The van der Waals surface area contributed by atoms with Crippen molar-refractivity contribution in [3.05, 3.63) is 41.4 Å². The van der Waals surface area contributed by atoms with Gasteiger partial charge in [0.15, 0.2) is 12.0 Å². The van der Waals surface area contributed by atoms with E-state index < -0.39 is 44.1 Å². The van der Waals surface area contributed by atoms with Crippen molar-refractivity contribution >= 4 is 25.3 Å². The number of phosphoric ester groups is 1. The highest BCUT2D eigenvalue weighted by molar-refractivity contribution is 7.48. The fourth-order valence-corrected chi connectivity index (χ4v) is 7.73. The van der Waals surface area contributed by atoms with Gasteiger partial charge in [-0.25, -0.2) is 14.2 Å². The number of nitrogens with zero attached hydrogens (tertiary/aromatic N) is 3. The summed E-state index contributed by atoms with van der Waals surface area (Å²) in [5, 5.41) is 4.41. The van der Waals surface area contributed by atoms with Gasteiger partial charge in [-0.15, -0.1) is 5.10 Å². The Hall–Kier alpha value is -2.05. The standard InChI is InChI=1S/C35H56ClN4O8P/c1-4-5-6-7-8-9-10-11-12-13-14-15-16-17-18-21-24-43-49(42,48-28-23-20-19-22-27(28)36)44-25-29-30-31(47-35(2,3)46-30)34(45-29)40-26-38-33(39-40)32(37)41/h19-20,22-23,26,29-31,34H,4-18,21,24-25H2,1-3H3,(H2,37,41)/t29-,30-,31-,34-,49?/m1/s1. The number of halogens is 1. The Bertz CT molecular complexity index is 1330. The largest absolute Gasteiger partial charge is 0.530 e. The maximum atomic E-state index is 14.0. The van der Waals surface area contributed by atoms with Gasteiger partial charge >= 0.3 is 7.82 Å². The molecule has 0 aliphatic carbocycles. The van der Waals surface area contributed by atoms with Gasteiger partial charge in [-0.3, -0.25) is 13.8 Å². The maximum Gasteiger partial charge on any atom is 0.530 e. The van der Waals surface area contributed by atoms with E-state index in [2.05, 4.69) is 17.0 Å². The molecular weight excluding hydrogens is 671 g/mol. The Kier molecular flexibility index (Phi) is 16.3. The number of benzene rings is 1. The molecule has 14 heteroatoms. The molecule has 1 aromatic carbocycles. The smallest absolute Gasteiger partial charge is 0.402 e. The van der Waals surface area contributed by atoms with Gasteiger partial charge < -0.3 is 24.5 Å². The molecule has 276 valence electrons. The number of aromatic nitrogens is 3. The van der Waals surface area contributed by atoms with Crippen molar-refractivity contribution in [1.29, 1.82) is 0 Å². The van der Waals surface area contributed by atoms with E-state index in [1.165, 1.54) is 94.5 Å². The Labute approximate surface area is 296 Å². The molecule has 2 fully saturated rings. The molecule has 2 N–H and O–H groups in total. The van der Waals surface area contributed by atoms with E-state index in [1.54, 1.807) is 38.1 Å². The number of hydrogen-bond donors (Lipinski definition) is 1. The third-order valence-corrected chi connectivity index (χ3v) is 10.5. The molecule has 0 radical (unpaired) electrons. The van der Waals surface area contributed by atoms with Crippen molar-refractivity contribution < 1.29 is 37.1 Å². The van der Waals surface area contributed by atoms with Crippen molar-refractivity contribution in [3.63, 3.8) is 0 Å². The molecule has 1 unspecified atom stereocenters. The number of para-hydroxylation sites is 1. The highest BCUT2D eigenvalue weighted by Gasteiger charge is 2.57. The number of phosphoric acid groups is 1. The lowest BCUT2D eigenvalue weighted by Gasteiger charge is -2.25. The van der Waals surface area contributed by atoms with Gasteiger partial charge in [-0.05, 0) is 32.4 Å². The predicted molar refractivity (Wildman–Crippen MR) is 187 cm³/mol. The second-order valence-electron chi connectivity index (χ2n) is 13.4. The average Bonchev–Trinajstić information content (AvgIpc) is 3.76. The number of hydrogen-bond acceptors (Lipinski definition) is 10. The minimum absolute atomic E-state index is 0.154. The Morgan fingerprint density at radius 2 is 1.47 bits per heavy atom. The summed E-state index contributed by atoms with van der Waals surface area (Å²) in [6.45, 7) is 5.82. The molecule has 1 aromatic heterocycles. The zero-order valence-corrected chi connectivity index (χ0v) is 31.1. The van der Waals surface area contributed by atoms with E-state index in [4.69, 9.17) is 45.1 Å². The maximum absolute atomic E-state index is 14.0. The summed E-state index contributed by atoms with van der Waals surface area (Å²) < 4.78 is 51.2. The quantitative estimate of drug-likeness (QED) is 0.0777. The first-order valence-electron chi connectivity index (χ1n) is 18.2. The van der Waals surface area contributed by atoms with Crippen LogP contribution in [0.5, 0.6) is 5.75 Å². The van der Waals surface area contributed by atoms with E-state index >= 15 is 0 Å². The molecule has 2 aromatic rings. The second-order valence-corrected chi connectivity index (χ2v) is 15.4. The summed E-state index contributed by atoms with van der Waals surface area (Å²) in [5.41, 5.74) is 5.33. The zero-order valence-electron chi connectivity index (χ0n) is 29.4. The number of amides is 1. The summed E-state index contributed by atoms with van der Waals surface area (Å²) in [6.07, 6.45) is 18.7. The summed E-state index contributed by atoms with van der Waals surface area (Å²) >= 11 is 6.31. The van der Waals surface area contributed by atoms with Crippen molar-refractivity contribution in [2.75, 3.05) is 13.2 Å². The highest BCUT2D eigenvalue weighted by Crippen LogP contribution is 2.52. The molecule has 49 heavy (non-hydrogen) atoms. The van der Waals surface area contributed by atoms with Crippen molar-refractivity contribution in [2.24, 2.45) is 5.73 Å². The Balaban J connectivity index is 1.21. The molecule has 2 aliphatic rings. The number of unbranched alkanes of at least 4 members (excludes halogenated alkanes) is 15. The molecule has 5 atom stereocenters. The lowest BCUT2D eigenvalue weighted by atomic mass is 10.0. The number of nitrogens with two attached hydrogens (primary N) is 1. The van der Waals surface area contributed by atoms with Crippen LogP contribution in [0, 0.1) is 0 Å². The van der Waals surface area contributed by atoms with E-state index in [1.807, 2.05) is 0 Å². The van der Waals surface area contributed by atoms with Crippen LogP contribution < -0.4 is 10.3 Å². The highest BCUT2D eigenvalue weighted by atomic mass is 35.5. The third-order valence-electron chi connectivity index (χ3n) is 8.81. The van der Waals surface area contributed by atoms with Crippen LogP contribution in [-0.2, 0) is 27.8 Å². The van der Waals surface area contributed by atoms with Crippen LogP contribution >= 0.6 is 19.4 Å². The molecule has 3 heterocycles.